The first-order valence-corrected chi connectivity index (χ1v) is 5.24. The van der Waals surface area contributed by atoms with E-state index in [2.05, 4.69) is 5.32 Å². The minimum Gasteiger partial charge on any atom is -0.480 e. The second-order valence-corrected chi connectivity index (χ2v) is 3.64. The third-order valence-corrected chi connectivity index (χ3v) is 2.20. The Morgan fingerprint density at radius 1 is 1.39 bits per heavy atom. The fourth-order valence-electron chi connectivity index (χ4n) is 1.16. The zero-order valence-electron chi connectivity index (χ0n) is 9.75. The van der Waals surface area contributed by atoms with Gasteiger partial charge in [0.05, 0.1) is 11.6 Å². The number of carboxylic acid groups (broad SMARTS) is 1. The maximum Gasteiger partial charge on any atom is 0.325 e. The fraction of sp³-hybridized carbons (Fsp3) is 0.154. The lowest BCUT2D eigenvalue weighted by Gasteiger charge is -2.05. The molecule has 0 saturated heterocycles. The van der Waals surface area contributed by atoms with Crippen molar-refractivity contribution >= 4 is 18.0 Å². The van der Waals surface area contributed by atoms with E-state index in [4.69, 9.17) is 10.4 Å². The van der Waals surface area contributed by atoms with E-state index in [9.17, 15) is 9.59 Å². The van der Waals surface area contributed by atoms with Gasteiger partial charge in [0.2, 0.25) is 5.91 Å². The van der Waals surface area contributed by atoms with E-state index < -0.39 is 17.9 Å². The quantitative estimate of drug-likeness (QED) is 0.777. The number of rotatable bonds is 4. The van der Waals surface area contributed by atoms with Crippen molar-refractivity contribution in [3.05, 3.63) is 41.5 Å². The molecule has 0 bridgehead atoms. The molecule has 0 aromatic heterocycles. The van der Waals surface area contributed by atoms with Crippen LogP contribution >= 0.6 is 0 Å². The summed E-state index contributed by atoms with van der Waals surface area (Å²) in [4.78, 5) is 21.9. The molecular weight excluding hydrogens is 232 g/mol. The van der Waals surface area contributed by atoms with Gasteiger partial charge in [-0.25, -0.2) is 0 Å². The first kappa shape index (κ1) is 13.5. The van der Waals surface area contributed by atoms with Gasteiger partial charge in [0, 0.05) is 6.08 Å². The van der Waals surface area contributed by atoms with Crippen LogP contribution < -0.4 is 5.32 Å². The highest BCUT2D eigenvalue weighted by atomic mass is 16.4. The van der Waals surface area contributed by atoms with E-state index in [0.717, 1.165) is 5.56 Å². The molecule has 0 radical (unpaired) electrons. The topological polar surface area (TPSA) is 90.2 Å². The Bertz CT molecular complexity index is 512. The molecule has 0 heterocycles. The van der Waals surface area contributed by atoms with Crippen molar-refractivity contribution < 1.29 is 14.7 Å². The lowest BCUT2D eigenvalue weighted by atomic mass is 10.1. The molecule has 0 aliphatic rings. The number of nitriles is 1. The highest BCUT2D eigenvalue weighted by Gasteiger charge is 2.11. The Labute approximate surface area is 104 Å². The zero-order chi connectivity index (χ0) is 13.5. The van der Waals surface area contributed by atoms with E-state index >= 15 is 0 Å². The molecule has 1 aromatic rings. The Morgan fingerprint density at radius 3 is 2.50 bits per heavy atom. The second-order valence-electron chi connectivity index (χ2n) is 3.64. The average molecular weight is 244 g/mol. The molecule has 0 saturated carbocycles. The molecular formula is C13H12N2O3. The molecule has 0 fully saturated rings. The normalized spacial score (nSPS) is 11.8. The minimum absolute atomic E-state index is 0.478. The molecule has 5 nitrogen and oxygen atoms in total. The van der Waals surface area contributed by atoms with Crippen molar-refractivity contribution in [1.82, 2.24) is 5.32 Å². The summed E-state index contributed by atoms with van der Waals surface area (Å²) < 4.78 is 0. The third-order valence-electron chi connectivity index (χ3n) is 2.20. The van der Waals surface area contributed by atoms with Crippen LogP contribution in [0.1, 0.15) is 18.1 Å². The molecule has 1 rings (SSSR count). The monoisotopic (exact) mass is 244 g/mol. The number of carbonyl (C=O) groups is 2. The van der Waals surface area contributed by atoms with Gasteiger partial charge in [0.15, 0.2) is 0 Å². The summed E-state index contributed by atoms with van der Waals surface area (Å²) in [6, 6.07) is 7.73. The molecule has 0 aliphatic heterocycles. The number of aliphatic carboxylic acids is 1. The first-order chi connectivity index (χ1) is 8.52. The molecule has 18 heavy (non-hydrogen) atoms. The van der Waals surface area contributed by atoms with E-state index in [1.165, 1.54) is 13.0 Å². The number of hydrogen-bond acceptors (Lipinski definition) is 3. The predicted octanol–water partition coefficient (Wildman–Crippen LogP) is 1.16. The van der Waals surface area contributed by atoms with Gasteiger partial charge in [0.25, 0.3) is 0 Å². The van der Waals surface area contributed by atoms with Crippen molar-refractivity contribution in [1.29, 1.82) is 5.26 Å². The van der Waals surface area contributed by atoms with Crippen LogP contribution in [0.4, 0.5) is 0 Å². The number of carboxylic acids is 1. The van der Waals surface area contributed by atoms with Crippen LogP contribution in [0.3, 0.4) is 0 Å². The second kappa shape index (κ2) is 6.21. The lowest BCUT2D eigenvalue weighted by molar-refractivity contribution is -0.140. The van der Waals surface area contributed by atoms with Crippen molar-refractivity contribution in [2.45, 2.75) is 13.0 Å². The molecule has 1 aromatic carbocycles. The molecule has 2 N–H and O–H groups in total. The van der Waals surface area contributed by atoms with Gasteiger partial charge >= 0.3 is 5.97 Å². The summed E-state index contributed by atoms with van der Waals surface area (Å²) in [5.41, 5.74) is 1.29. The number of benzene rings is 1. The molecule has 5 heteroatoms. The van der Waals surface area contributed by atoms with Crippen LogP contribution in [0.2, 0.25) is 0 Å². The van der Waals surface area contributed by atoms with Crippen LogP contribution in [0.5, 0.6) is 0 Å². The minimum atomic E-state index is -1.09. The molecule has 1 atom stereocenters. The Morgan fingerprint density at radius 2 is 2.00 bits per heavy atom. The smallest absolute Gasteiger partial charge is 0.325 e. The first-order valence-electron chi connectivity index (χ1n) is 5.24. The van der Waals surface area contributed by atoms with Gasteiger partial charge in [-0.2, -0.15) is 5.26 Å². The van der Waals surface area contributed by atoms with Crippen molar-refractivity contribution in [3.63, 3.8) is 0 Å². The maximum absolute atomic E-state index is 11.3. The van der Waals surface area contributed by atoms with Gasteiger partial charge in [-0.05, 0) is 30.7 Å². The Hall–Kier alpha value is -2.61. The predicted molar refractivity (Wildman–Crippen MR) is 65.4 cm³/mol. The highest BCUT2D eigenvalue weighted by molar-refractivity contribution is 5.94. The SMILES string of the molecule is C[C@@H](NC(=O)C=Cc1ccc(C#N)cc1)C(=O)O. The summed E-state index contributed by atoms with van der Waals surface area (Å²) >= 11 is 0. The van der Waals surface area contributed by atoms with Crippen LogP contribution in [0, 0.1) is 11.3 Å². The van der Waals surface area contributed by atoms with Gasteiger partial charge in [-0.15, -0.1) is 0 Å². The maximum atomic E-state index is 11.3. The van der Waals surface area contributed by atoms with E-state index in [0.29, 0.717) is 5.56 Å². The summed E-state index contributed by atoms with van der Waals surface area (Å²) in [5.74, 6) is -1.57. The van der Waals surface area contributed by atoms with Crippen molar-refractivity contribution in [2.75, 3.05) is 0 Å². The van der Waals surface area contributed by atoms with E-state index in [1.54, 1.807) is 30.3 Å². The molecule has 0 unspecified atom stereocenters. The summed E-state index contributed by atoms with van der Waals surface area (Å²) in [6.07, 6.45) is 2.80. The van der Waals surface area contributed by atoms with Gasteiger partial charge in [0.1, 0.15) is 6.04 Å². The lowest BCUT2D eigenvalue weighted by Crippen LogP contribution is -2.37. The van der Waals surface area contributed by atoms with Gasteiger partial charge in [-0.1, -0.05) is 12.1 Å². The number of nitrogens with zero attached hydrogens (tertiary/aromatic N) is 1. The molecule has 0 spiro atoms. The van der Waals surface area contributed by atoms with E-state index in [1.807, 2.05) is 6.07 Å². The van der Waals surface area contributed by atoms with Gasteiger partial charge in [-0.3, -0.25) is 9.59 Å². The third kappa shape index (κ3) is 4.10. The van der Waals surface area contributed by atoms with Crippen LogP contribution in [-0.4, -0.2) is 23.0 Å². The molecule has 0 aliphatic carbocycles. The number of hydrogen-bond donors (Lipinski definition) is 2. The van der Waals surface area contributed by atoms with Crippen molar-refractivity contribution in [2.24, 2.45) is 0 Å². The molecule has 1 amide bonds. The Balaban J connectivity index is 2.61. The largest absolute Gasteiger partial charge is 0.480 e. The summed E-state index contributed by atoms with van der Waals surface area (Å²) in [5, 5.41) is 19.5. The van der Waals surface area contributed by atoms with Gasteiger partial charge < -0.3 is 10.4 Å². The Kier molecular flexibility index (Phi) is 4.64. The zero-order valence-corrected chi connectivity index (χ0v) is 9.75. The van der Waals surface area contributed by atoms with E-state index in [-0.39, 0.29) is 0 Å². The number of amides is 1. The summed E-state index contributed by atoms with van der Waals surface area (Å²) in [6.45, 7) is 1.38. The van der Waals surface area contributed by atoms with Crippen LogP contribution in [-0.2, 0) is 9.59 Å². The number of nitrogens with one attached hydrogen (secondary N) is 1. The van der Waals surface area contributed by atoms with Crippen LogP contribution in [0.25, 0.3) is 6.08 Å². The fourth-order valence-corrected chi connectivity index (χ4v) is 1.16. The van der Waals surface area contributed by atoms with Crippen molar-refractivity contribution in [3.8, 4) is 6.07 Å². The average Bonchev–Trinajstić information content (AvgIpc) is 2.36. The highest BCUT2D eigenvalue weighted by Crippen LogP contribution is 2.04. The van der Waals surface area contributed by atoms with Crippen LogP contribution in [0.15, 0.2) is 30.3 Å². The summed E-state index contributed by atoms with van der Waals surface area (Å²) in [7, 11) is 0. The number of carbonyl (C=O) groups excluding carboxylic acids is 1. The standard InChI is InChI=1S/C13H12N2O3/c1-9(13(17)18)15-12(16)7-6-10-2-4-11(8-14)5-3-10/h2-7,9H,1H3,(H,15,16)(H,17,18)/t9-/m1/s1. The molecule has 92 valence electrons.